The smallest absolute Gasteiger partial charge is 0.282 e. The quantitative estimate of drug-likeness (QED) is 0.418. The summed E-state index contributed by atoms with van der Waals surface area (Å²) in [5.41, 5.74) is 0.485. The highest BCUT2D eigenvalue weighted by atomic mass is 35.5. The van der Waals surface area contributed by atoms with Crippen LogP contribution < -0.4 is 14.4 Å². The Labute approximate surface area is 182 Å². The number of nitrogens with zero attached hydrogens (tertiary/aromatic N) is 4. The van der Waals surface area contributed by atoms with Crippen LogP contribution in [0.25, 0.3) is 10.2 Å². The van der Waals surface area contributed by atoms with Gasteiger partial charge in [0.15, 0.2) is 16.6 Å². The lowest BCUT2D eigenvalue weighted by Gasteiger charge is -2.21. The molecule has 0 N–H and O–H groups in total. The third kappa shape index (κ3) is 4.16. The second-order valence-corrected chi connectivity index (χ2v) is 7.71. The number of nitro groups is 1. The van der Waals surface area contributed by atoms with Gasteiger partial charge in [-0.2, -0.15) is 0 Å². The van der Waals surface area contributed by atoms with Crippen LogP contribution in [-0.4, -0.2) is 54.7 Å². The summed E-state index contributed by atoms with van der Waals surface area (Å²) in [4.78, 5) is 32.1. The van der Waals surface area contributed by atoms with Crippen molar-refractivity contribution in [3.63, 3.8) is 0 Å². The number of nitro benzene ring substituents is 1. The Balaban J connectivity index is 0.00000256. The molecular weight excluding hydrogens is 432 g/mol. The highest BCUT2D eigenvalue weighted by molar-refractivity contribution is 7.22. The average molecular weight is 451 g/mol. The first kappa shape index (κ1) is 21.8. The minimum atomic E-state index is -0.547. The van der Waals surface area contributed by atoms with Gasteiger partial charge < -0.3 is 14.4 Å². The molecule has 158 valence electrons. The van der Waals surface area contributed by atoms with E-state index in [4.69, 9.17) is 9.47 Å². The lowest BCUT2D eigenvalue weighted by molar-refractivity contribution is -0.385. The summed E-state index contributed by atoms with van der Waals surface area (Å²) in [6.07, 6.45) is 0. The third-order valence-electron chi connectivity index (χ3n) is 4.45. The van der Waals surface area contributed by atoms with Crippen LogP contribution in [0.1, 0.15) is 10.4 Å². The molecule has 9 nitrogen and oxygen atoms in total. The van der Waals surface area contributed by atoms with E-state index in [1.807, 2.05) is 25.1 Å². The number of ether oxygens (including phenoxy) is 2. The highest BCUT2D eigenvalue weighted by Crippen LogP contribution is 2.40. The summed E-state index contributed by atoms with van der Waals surface area (Å²) >= 11 is 1.33. The van der Waals surface area contributed by atoms with Crippen molar-refractivity contribution in [3.05, 3.63) is 52.1 Å². The molecule has 0 saturated heterocycles. The summed E-state index contributed by atoms with van der Waals surface area (Å²) < 4.78 is 11.6. The summed E-state index contributed by atoms with van der Waals surface area (Å²) in [5.74, 6) is 0.787. The van der Waals surface area contributed by atoms with E-state index in [1.54, 1.807) is 12.1 Å². The van der Waals surface area contributed by atoms with Crippen LogP contribution >= 0.6 is 23.7 Å². The predicted molar refractivity (Wildman–Crippen MR) is 116 cm³/mol. The van der Waals surface area contributed by atoms with Gasteiger partial charge in [0, 0.05) is 31.3 Å². The van der Waals surface area contributed by atoms with Crippen LogP contribution in [0.3, 0.4) is 0 Å². The molecule has 0 saturated carbocycles. The van der Waals surface area contributed by atoms with Gasteiger partial charge in [-0.1, -0.05) is 23.5 Å². The van der Waals surface area contributed by atoms with E-state index in [0.29, 0.717) is 35.2 Å². The van der Waals surface area contributed by atoms with E-state index in [9.17, 15) is 14.9 Å². The molecule has 1 aliphatic heterocycles. The second kappa shape index (κ2) is 8.82. The minimum Gasteiger partial charge on any atom is -0.454 e. The number of para-hydroxylation sites is 1. The third-order valence-corrected chi connectivity index (χ3v) is 5.49. The molecule has 1 aromatic heterocycles. The van der Waals surface area contributed by atoms with Gasteiger partial charge in [-0.25, -0.2) is 4.98 Å². The van der Waals surface area contributed by atoms with Gasteiger partial charge in [-0.05, 0) is 20.2 Å². The number of carbonyl (C=O) groups is 1. The number of hydrogen-bond donors (Lipinski definition) is 0. The molecule has 0 bridgehead atoms. The zero-order chi connectivity index (χ0) is 20.5. The van der Waals surface area contributed by atoms with Gasteiger partial charge in [0.05, 0.1) is 15.1 Å². The normalized spacial score (nSPS) is 12.1. The Kier molecular flexibility index (Phi) is 6.40. The molecule has 30 heavy (non-hydrogen) atoms. The van der Waals surface area contributed by atoms with Crippen LogP contribution in [0.15, 0.2) is 36.4 Å². The number of anilines is 1. The molecule has 1 aliphatic rings. The van der Waals surface area contributed by atoms with Gasteiger partial charge in [-0.15, -0.1) is 12.4 Å². The number of carbonyl (C=O) groups excluding carboxylic acids is 1. The molecule has 0 aliphatic carbocycles. The second-order valence-electron chi connectivity index (χ2n) is 6.70. The zero-order valence-electron chi connectivity index (χ0n) is 16.2. The molecule has 1 amide bonds. The Morgan fingerprint density at radius 3 is 2.60 bits per heavy atom. The molecule has 2 heterocycles. The van der Waals surface area contributed by atoms with Crippen LogP contribution in [0.2, 0.25) is 0 Å². The average Bonchev–Trinajstić information content (AvgIpc) is 3.31. The number of halogens is 1. The lowest BCUT2D eigenvalue weighted by atomic mass is 10.1. The SMILES string of the molecule is CN(C)CCN(C(=O)c1ccccc1[N+](=O)[O-])c1nc2cc3c(cc2s1)OCO3.Cl. The van der Waals surface area contributed by atoms with Crippen molar-refractivity contribution in [1.82, 2.24) is 9.88 Å². The van der Waals surface area contributed by atoms with Crippen LogP contribution in [0, 0.1) is 10.1 Å². The fourth-order valence-electron chi connectivity index (χ4n) is 2.96. The molecule has 0 fully saturated rings. The van der Waals surface area contributed by atoms with E-state index >= 15 is 0 Å². The van der Waals surface area contributed by atoms with Crippen molar-refractivity contribution in [3.8, 4) is 11.5 Å². The number of benzene rings is 2. The van der Waals surface area contributed by atoms with E-state index in [1.165, 1.54) is 34.4 Å². The number of aromatic nitrogens is 1. The van der Waals surface area contributed by atoms with E-state index < -0.39 is 10.8 Å². The minimum absolute atomic E-state index is 0. The van der Waals surface area contributed by atoms with Gasteiger partial charge in [0.2, 0.25) is 6.79 Å². The van der Waals surface area contributed by atoms with Gasteiger partial charge in [0.25, 0.3) is 11.6 Å². The van der Waals surface area contributed by atoms with E-state index in [-0.39, 0.29) is 30.5 Å². The molecule has 11 heteroatoms. The Hall–Kier alpha value is -2.95. The van der Waals surface area contributed by atoms with Crippen molar-refractivity contribution >= 4 is 50.7 Å². The highest BCUT2D eigenvalue weighted by Gasteiger charge is 2.28. The fourth-order valence-corrected chi connectivity index (χ4v) is 3.96. The number of amides is 1. The van der Waals surface area contributed by atoms with Gasteiger partial charge in [-0.3, -0.25) is 19.8 Å². The van der Waals surface area contributed by atoms with Crippen molar-refractivity contribution in [2.75, 3.05) is 38.9 Å². The lowest BCUT2D eigenvalue weighted by Crippen LogP contribution is -2.37. The Bertz CT molecular complexity index is 1060. The number of likely N-dealkylation sites (N-methyl/N-ethyl adjacent to an activating group) is 1. The van der Waals surface area contributed by atoms with Crippen molar-refractivity contribution in [1.29, 1.82) is 0 Å². The first-order valence-corrected chi connectivity index (χ1v) is 9.66. The number of fused-ring (bicyclic) bond motifs is 2. The maximum atomic E-state index is 13.3. The first-order valence-electron chi connectivity index (χ1n) is 8.84. The molecular formula is C19H19ClN4O5S. The summed E-state index contributed by atoms with van der Waals surface area (Å²) in [7, 11) is 3.79. The number of rotatable bonds is 6. The first-order chi connectivity index (χ1) is 13.9. The van der Waals surface area contributed by atoms with Crippen LogP contribution in [0.4, 0.5) is 10.8 Å². The molecule has 2 aromatic carbocycles. The molecule has 4 rings (SSSR count). The number of thiazole rings is 1. The Morgan fingerprint density at radius 1 is 1.20 bits per heavy atom. The van der Waals surface area contributed by atoms with E-state index in [2.05, 4.69) is 4.98 Å². The van der Waals surface area contributed by atoms with Gasteiger partial charge in [0.1, 0.15) is 5.56 Å². The van der Waals surface area contributed by atoms with Crippen molar-refractivity contribution < 1.29 is 19.2 Å². The standard InChI is InChI=1S/C19H18N4O5S.ClH/c1-21(2)7-8-22(18(24)12-5-3-4-6-14(12)23(25)26)19-20-13-9-15-16(28-11-27-15)10-17(13)29-19;/h3-6,9-10H,7-8,11H2,1-2H3;1H. The topological polar surface area (TPSA) is 98.0 Å². The molecule has 0 radical (unpaired) electrons. The molecule has 0 unspecified atom stereocenters. The zero-order valence-corrected chi connectivity index (χ0v) is 17.9. The molecule has 0 spiro atoms. The Morgan fingerprint density at radius 2 is 1.90 bits per heavy atom. The largest absolute Gasteiger partial charge is 0.454 e. The van der Waals surface area contributed by atoms with Crippen molar-refractivity contribution in [2.45, 2.75) is 0 Å². The van der Waals surface area contributed by atoms with Gasteiger partial charge >= 0.3 is 0 Å². The van der Waals surface area contributed by atoms with Crippen LogP contribution in [0.5, 0.6) is 11.5 Å². The van der Waals surface area contributed by atoms with E-state index in [0.717, 1.165) is 4.70 Å². The number of hydrogen-bond acceptors (Lipinski definition) is 8. The molecule has 0 atom stereocenters. The summed E-state index contributed by atoms with van der Waals surface area (Å²) in [5, 5.41) is 11.9. The summed E-state index contributed by atoms with van der Waals surface area (Å²) in [6, 6.07) is 9.55. The monoisotopic (exact) mass is 450 g/mol. The van der Waals surface area contributed by atoms with Crippen molar-refractivity contribution in [2.24, 2.45) is 0 Å². The fraction of sp³-hybridized carbons (Fsp3) is 0.263. The summed E-state index contributed by atoms with van der Waals surface area (Å²) in [6.45, 7) is 1.08. The molecule has 3 aromatic rings. The van der Waals surface area contributed by atoms with Crippen LogP contribution in [-0.2, 0) is 0 Å². The maximum Gasteiger partial charge on any atom is 0.282 e. The predicted octanol–water partition coefficient (Wildman–Crippen LogP) is 3.56. The maximum absolute atomic E-state index is 13.3.